The Morgan fingerprint density at radius 3 is 2.89 bits per heavy atom. The van der Waals surface area contributed by atoms with Crippen molar-refractivity contribution in [1.29, 1.82) is 0 Å². The van der Waals surface area contributed by atoms with Crippen molar-refractivity contribution < 1.29 is 18.7 Å². The number of hydrazine groups is 1. The largest absolute Gasteiger partial charge is 0.486 e. The molecule has 0 aliphatic carbocycles. The first-order valence-corrected chi connectivity index (χ1v) is 11.5. The summed E-state index contributed by atoms with van der Waals surface area (Å²) >= 11 is 5.91. The van der Waals surface area contributed by atoms with Gasteiger partial charge in [-0.1, -0.05) is 11.6 Å². The quantitative estimate of drug-likeness (QED) is 0.259. The molecule has 1 unspecified atom stereocenters. The first-order valence-electron chi connectivity index (χ1n) is 11.1. The third kappa shape index (κ3) is 6.67. The summed E-state index contributed by atoms with van der Waals surface area (Å²) in [5.41, 5.74) is 7.08. The maximum atomic E-state index is 13.6. The van der Waals surface area contributed by atoms with E-state index in [9.17, 15) is 9.18 Å². The summed E-state index contributed by atoms with van der Waals surface area (Å²) in [5, 5.41) is 6.57. The van der Waals surface area contributed by atoms with Gasteiger partial charge in [0.05, 0.1) is 29.4 Å². The number of benzene rings is 2. The lowest BCUT2D eigenvalue weighted by atomic mass is 10.1. The second-order valence-corrected chi connectivity index (χ2v) is 8.66. The zero-order chi connectivity index (χ0) is 24.8. The Bertz CT molecular complexity index is 1190. The van der Waals surface area contributed by atoms with Gasteiger partial charge in [0.15, 0.2) is 0 Å². The number of carbonyl (C=O) groups is 1. The van der Waals surface area contributed by atoms with Gasteiger partial charge in [-0.2, -0.15) is 0 Å². The minimum Gasteiger partial charge on any atom is -0.486 e. The molecule has 2 amide bonds. The first kappa shape index (κ1) is 24.9. The molecule has 0 spiro atoms. The van der Waals surface area contributed by atoms with Crippen LogP contribution in [0.5, 0.6) is 5.75 Å². The van der Waals surface area contributed by atoms with Crippen LogP contribution in [-0.4, -0.2) is 67.4 Å². The second-order valence-electron chi connectivity index (χ2n) is 8.25. The summed E-state index contributed by atoms with van der Waals surface area (Å²) in [6.45, 7) is 2.42. The number of anilines is 3. The lowest BCUT2D eigenvalue weighted by Gasteiger charge is -2.18. The molecule has 12 heteroatoms. The molecule has 10 nitrogen and oxygen atoms in total. The second kappa shape index (κ2) is 11.5. The molecule has 0 saturated carbocycles. The molecule has 1 aromatic heterocycles. The molecule has 3 aromatic rings. The summed E-state index contributed by atoms with van der Waals surface area (Å²) < 4.78 is 25.1. The topological polar surface area (TPSA) is 113 Å². The third-order valence-electron chi connectivity index (χ3n) is 5.23. The third-order valence-corrected chi connectivity index (χ3v) is 5.52. The number of rotatable bonds is 9. The van der Waals surface area contributed by atoms with Crippen LogP contribution in [-0.2, 0) is 4.74 Å². The SMILES string of the molecule is CN(C)CCNNC(=O)Nc1cc2c(Nc3ccc(F)c(Cl)c3)ncnc2cc1OC1CCOC1. The average molecular weight is 504 g/mol. The van der Waals surface area contributed by atoms with Gasteiger partial charge in [0, 0.05) is 36.7 Å². The van der Waals surface area contributed by atoms with Gasteiger partial charge < -0.3 is 25.0 Å². The van der Waals surface area contributed by atoms with Gasteiger partial charge in [0.2, 0.25) is 0 Å². The van der Waals surface area contributed by atoms with Gasteiger partial charge in [0.25, 0.3) is 0 Å². The lowest BCUT2D eigenvalue weighted by Crippen LogP contribution is -2.43. The highest BCUT2D eigenvalue weighted by Gasteiger charge is 2.21. The van der Waals surface area contributed by atoms with Crippen molar-refractivity contribution in [2.24, 2.45) is 0 Å². The number of halogens is 2. The van der Waals surface area contributed by atoms with Crippen LogP contribution in [0.4, 0.5) is 26.4 Å². The fourth-order valence-electron chi connectivity index (χ4n) is 3.45. The van der Waals surface area contributed by atoms with Crippen LogP contribution in [0, 0.1) is 5.82 Å². The zero-order valence-corrected chi connectivity index (χ0v) is 20.2. The summed E-state index contributed by atoms with van der Waals surface area (Å²) in [7, 11) is 3.89. The molecule has 0 bridgehead atoms. The summed E-state index contributed by atoms with van der Waals surface area (Å²) in [6, 6.07) is 7.31. The Morgan fingerprint density at radius 2 is 2.14 bits per heavy atom. The molecule has 4 N–H and O–H groups in total. The number of fused-ring (bicyclic) bond motifs is 1. The van der Waals surface area contributed by atoms with Crippen LogP contribution in [0.15, 0.2) is 36.7 Å². The van der Waals surface area contributed by atoms with Crippen LogP contribution in [0.25, 0.3) is 10.9 Å². The van der Waals surface area contributed by atoms with Crippen molar-refractivity contribution in [3.05, 3.63) is 47.5 Å². The highest BCUT2D eigenvalue weighted by molar-refractivity contribution is 6.31. The monoisotopic (exact) mass is 503 g/mol. The van der Waals surface area contributed by atoms with Gasteiger partial charge in [-0.05, 0) is 38.4 Å². The van der Waals surface area contributed by atoms with E-state index in [4.69, 9.17) is 21.1 Å². The van der Waals surface area contributed by atoms with Crippen LogP contribution in [0.1, 0.15) is 6.42 Å². The first-order chi connectivity index (χ1) is 16.9. The van der Waals surface area contributed by atoms with E-state index in [1.165, 1.54) is 18.5 Å². The Morgan fingerprint density at radius 1 is 1.29 bits per heavy atom. The van der Waals surface area contributed by atoms with Crippen LogP contribution in [0.2, 0.25) is 5.02 Å². The van der Waals surface area contributed by atoms with Crippen molar-refractivity contribution in [3.63, 3.8) is 0 Å². The van der Waals surface area contributed by atoms with Crippen LogP contribution >= 0.6 is 11.6 Å². The highest BCUT2D eigenvalue weighted by atomic mass is 35.5. The fraction of sp³-hybridized carbons (Fsp3) is 0.348. The van der Waals surface area contributed by atoms with Crippen molar-refractivity contribution in [3.8, 4) is 5.75 Å². The maximum absolute atomic E-state index is 13.6. The summed E-state index contributed by atoms with van der Waals surface area (Å²) in [5.74, 6) is 0.408. The van der Waals surface area contributed by atoms with E-state index in [-0.39, 0.29) is 11.1 Å². The Labute approximate surface area is 207 Å². The number of likely N-dealkylation sites (N-methyl/N-ethyl adjacent to an activating group) is 1. The van der Waals surface area contributed by atoms with E-state index in [1.54, 1.807) is 18.2 Å². The number of nitrogens with one attached hydrogen (secondary N) is 4. The molecular weight excluding hydrogens is 477 g/mol. The van der Waals surface area contributed by atoms with Crippen LogP contribution < -0.4 is 26.2 Å². The molecule has 35 heavy (non-hydrogen) atoms. The molecule has 186 valence electrons. The molecule has 0 radical (unpaired) electrons. The standard InChI is InChI=1S/C23H27ClFN7O3/c1-32(2)7-6-28-31-23(33)30-20-10-16-19(11-21(20)35-15-5-8-34-12-15)26-13-27-22(16)29-14-3-4-18(25)17(24)9-14/h3-4,9-11,13,15,28H,5-8,12H2,1-2H3,(H,26,27,29)(H2,30,31,33). The highest BCUT2D eigenvalue weighted by Crippen LogP contribution is 2.35. The molecule has 1 aliphatic rings. The molecular formula is C23H27ClFN7O3. The minimum atomic E-state index is -0.515. The number of nitrogens with zero attached hydrogens (tertiary/aromatic N) is 3. The van der Waals surface area contributed by atoms with E-state index in [1.807, 2.05) is 19.0 Å². The molecule has 2 aromatic carbocycles. The van der Waals surface area contributed by atoms with E-state index in [0.29, 0.717) is 53.6 Å². The number of amides is 2. The average Bonchev–Trinajstić information content (AvgIpc) is 3.33. The van der Waals surface area contributed by atoms with Gasteiger partial charge in [-0.3, -0.25) is 5.43 Å². The molecule has 1 saturated heterocycles. The summed E-state index contributed by atoms with van der Waals surface area (Å²) in [6.07, 6.45) is 2.03. The Balaban J connectivity index is 1.61. The van der Waals surface area contributed by atoms with E-state index in [2.05, 4.69) is 31.5 Å². The Hall–Kier alpha value is -3.25. The predicted molar refractivity (Wildman–Crippen MR) is 133 cm³/mol. The number of hydrogen-bond donors (Lipinski definition) is 4. The van der Waals surface area contributed by atoms with Gasteiger partial charge in [-0.15, -0.1) is 0 Å². The van der Waals surface area contributed by atoms with E-state index in [0.717, 1.165) is 13.0 Å². The van der Waals surface area contributed by atoms with Gasteiger partial charge in [0.1, 0.15) is 29.8 Å². The normalized spacial score (nSPS) is 15.4. The number of hydrogen-bond acceptors (Lipinski definition) is 8. The lowest BCUT2D eigenvalue weighted by molar-refractivity contribution is 0.142. The summed E-state index contributed by atoms with van der Waals surface area (Å²) in [4.78, 5) is 23.2. The molecule has 2 heterocycles. The maximum Gasteiger partial charge on any atom is 0.333 e. The number of carbonyl (C=O) groups excluding carboxylic acids is 1. The van der Waals surface area contributed by atoms with Crippen molar-refractivity contribution >= 4 is 45.7 Å². The van der Waals surface area contributed by atoms with Crippen molar-refractivity contribution in [2.45, 2.75) is 12.5 Å². The molecule has 1 fully saturated rings. The molecule has 4 rings (SSSR count). The predicted octanol–water partition coefficient (Wildman–Crippen LogP) is 3.52. The van der Waals surface area contributed by atoms with Crippen molar-refractivity contribution in [2.75, 3.05) is 51.0 Å². The number of urea groups is 1. The van der Waals surface area contributed by atoms with E-state index >= 15 is 0 Å². The fourth-order valence-corrected chi connectivity index (χ4v) is 3.63. The molecule has 1 aliphatic heterocycles. The van der Waals surface area contributed by atoms with E-state index < -0.39 is 11.8 Å². The Kier molecular flexibility index (Phi) is 8.13. The van der Waals surface area contributed by atoms with Crippen LogP contribution in [0.3, 0.4) is 0 Å². The number of ether oxygens (including phenoxy) is 2. The number of aromatic nitrogens is 2. The van der Waals surface area contributed by atoms with Gasteiger partial charge in [-0.25, -0.2) is 24.6 Å². The molecule has 1 atom stereocenters. The van der Waals surface area contributed by atoms with Crippen molar-refractivity contribution in [1.82, 2.24) is 25.7 Å². The zero-order valence-electron chi connectivity index (χ0n) is 19.4. The van der Waals surface area contributed by atoms with Gasteiger partial charge >= 0.3 is 6.03 Å². The minimum absolute atomic E-state index is 0.0105. The smallest absolute Gasteiger partial charge is 0.333 e.